The molecular formula is C24H37N3O3. The van der Waals surface area contributed by atoms with Crippen molar-refractivity contribution >= 4 is 17.8 Å². The molecule has 3 saturated carbocycles. The topological polar surface area (TPSA) is 87.3 Å². The number of amides is 4. The molecule has 3 aliphatic carbocycles. The highest BCUT2D eigenvalue weighted by molar-refractivity contribution is 5.96. The Morgan fingerprint density at radius 3 is 2.70 bits per heavy atom. The van der Waals surface area contributed by atoms with Gasteiger partial charge in [-0.1, -0.05) is 33.3 Å². The van der Waals surface area contributed by atoms with Crippen LogP contribution in [0.5, 0.6) is 0 Å². The summed E-state index contributed by atoms with van der Waals surface area (Å²) in [5.74, 6) is 1.49. The lowest BCUT2D eigenvalue weighted by Crippen LogP contribution is -2.59. The quantitative estimate of drug-likeness (QED) is 0.614. The molecule has 4 aliphatic rings. The highest BCUT2D eigenvalue weighted by atomic mass is 16.2. The van der Waals surface area contributed by atoms with Crippen molar-refractivity contribution in [3.8, 4) is 0 Å². The molecule has 30 heavy (non-hydrogen) atoms. The Kier molecular flexibility index (Phi) is 5.71. The minimum Gasteiger partial charge on any atom is -0.349 e. The van der Waals surface area contributed by atoms with Gasteiger partial charge >= 0.3 is 6.03 Å². The fraction of sp³-hybridized carbons (Fsp3) is 0.792. The largest absolute Gasteiger partial charge is 0.349 e. The van der Waals surface area contributed by atoms with Gasteiger partial charge < -0.3 is 10.6 Å². The van der Waals surface area contributed by atoms with E-state index in [9.17, 15) is 14.4 Å². The summed E-state index contributed by atoms with van der Waals surface area (Å²) in [6, 6.07) is -0.127. The lowest BCUT2D eigenvalue weighted by atomic mass is 9.48. The van der Waals surface area contributed by atoms with Crippen LogP contribution in [0.2, 0.25) is 0 Å². The number of urea groups is 1. The van der Waals surface area contributed by atoms with Gasteiger partial charge in [0.25, 0.3) is 0 Å². The standard InChI is InChI=1S/C24H37N3O3/c1-4-5-14-25-22(30)27-21(29)18-8-7-16-15-6-9-19-24(3,13-11-20(28)26-19)17(15)10-12-23(16,18)2/h11,13,15-19H,4-10,12,14H2,1-3H3,(H,26,28)(H2,25,27,29,30)/t15-,16-,17-,18+,19+,23-,24+/m0/s1. The highest BCUT2D eigenvalue weighted by Gasteiger charge is 2.60. The maximum Gasteiger partial charge on any atom is 0.321 e. The van der Waals surface area contributed by atoms with Crippen LogP contribution < -0.4 is 16.0 Å². The van der Waals surface area contributed by atoms with Gasteiger partial charge in [0.1, 0.15) is 0 Å². The third-order valence-corrected chi connectivity index (χ3v) is 9.05. The monoisotopic (exact) mass is 415 g/mol. The molecule has 1 heterocycles. The first-order valence-corrected chi connectivity index (χ1v) is 11.9. The van der Waals surface area contributed by atoms with Crippen molar-refractivity contribution in [1.82, 2.24) is 16.0 Å². The zero-order chi connectivity index (χ0) is 21.5. The van der Waals surface area contributed by atoms with E-state index in [-0.39, 0.29) is 40.6 Å². The van der Waals surface area contributed by atoms with Crippen molar-refractivity contribution < 1.29 is 14.4 Å². The number of carbonyl (C=O) groups excluding carboxylic acids is 3. The Balaban J connectivity index is 1.46. The highest BCUT2D eigenvalue weighted by Crippen LogP contribution is 2.64. The molecule has 0 aromatic rings. The number of carbonyl (C=O) groups is 3. The van der Waals surface area contributed by atoms with Crippen molar-refractivity contribution in [2.75, 3.05) is 6.54 Å². The summed E-state index contributed by atoms with van der Waals surface area (Å²) in [5.41, 5.74) is -0.0303. The summed E-state index contributed by atoms with van der Waals surface area (Å²) in [5, 5.41) is 8.61. The van der Waals surface area contributed by atoms with Gasteiger partial charge in [0.05, 0.1) is 0 Å². The fourth-order valence-electron chi connectivity index (χ4n) is 7.39. The second-order valence-electron chi connectivity index (χ2n) is 10.5. The van der Waals surface area contributed by atoms with Gasteiger partial charge in [-0.15, -0.1) is 0 Å². The molecule has 6 heteroatoms. The number of fused-ring (bicyclic) bond motifs is 5. The summed E-state index contributed by atoms with van der Waals surface area (Å²) in [6.45, 7) is 7.28. The molecule has 3 N–H and O–H groups in total. The first kappa shape index (κ1) is 21.4. The van der Waals surface area contributed by atoms with Gasteiger partial charge in [-0.05, 0) is 74.2 Å². The summed E-state index contributed by atoms with van der Waals surface area (Å²) in [4.78, 5) is 37.0. The van der Waals surface area contributed by atoms with Crippen molar-refractivity contribution in [1.29, 1.82) is 0 Å². The van der Waals surface area contributed by atoms with E-state index in [2.05, 4.69) is 42.8 Å². The second-order valence-corrected chi connectivity index (χ2v) is 10.5. The number of unbranched alkanes of at least 4 members (excludes halogenated alkanes) is 1. The SMILES string of the molecule is CCCCNC(=O)NC(=O)[C@H]1CC[C@H]2[C@@H]3CC[C@H]4NC(=O)C=C[C@]4(C)[C@H]3CC[C@]12C. The van der Waals surface area contributed by atoms with Gasteiger partial charge in [0, 0.05) is 23.9 Å². The van der Waals surface area contributed by atoms with Crippen LogP contribution in [0, 0.1) is 34.5 Å². The number of hydrogen-bond acceptors (Lipinski definition) is 3. The molecule has 4 amide bonds. The average Bonchev–Trinajstić information content (AvgIpc) is 3.06. The Morgan fingerprint density at radius 1 is 1.13 bits per heavy atom. The van der Waals surface area contributed by atoms with E-state index < -0.39 is 0 Å². The van der Waals surface area contributed by atoms with Crippen LogP contribution >= 0.6 is 0 Å². The first-order valence-electron chi connectivity index (χ1n) is 11.9. The Morgan fingerprint density at radius 2 is 1.93 bits per heavy atom. The maximum atomic E-state index is 13.0. The summed E-state index contributed by atoms with van der Waals surface area (Å²) in [7, 11) is 0. The lowest BCUT2D eigenvalue weighted by molar-refractivity contribution is -0.133. The Bertz CT molecular complexity index is 750. The minimum atomic E-state index is -0.356. The fourth-order valence-corrected chi connectivity index (χ4v) is 7.39. The molecule has 3 fully saturated rings. The van der Waals surface area contributed by atoms with E-state index in [1.807, 2.05) is 0 Å². The molecule has 6 nitrogen and oxygen atoms in total. The smallest absolute Gasteiger partial charge is 0.321 e. The third kappa shape index (κ3) is 3.46. The molecule has 0 radical (unpaired) electrons. The molecule has 7 atom stereocenters. The molecule has 0 spiro atoms. The summed E-state index contributed by atoms with van der Waals surface area (Å²) in [6.07, 6.45) is 12.0. The third-order valence-electron chi connectivity index (χ3n) is 9.05. The minimum absolute atomic E-state index is 0.0116. The molecule has 0 saturated heterocycles. The molecule has 0 unspecified atom stereocenters. The molecule has 4 rings (SSSR count). The van der Waals surface area contributed by atoms with E-state index in [1.54, 1.807) is 6.08 Å². The predicted octanol–water partition coefficient (Wildman–Crippen LogP) is 3.53. The van der Waals surface area contributed by atoms with Crippen molar-refractivity contribution in [3.63, 3.8) is 0 Å². The Labute approximate surface area is 180 Å². The van der Waals surface area contributed by atoms with E-state index in [1.165, 1.54) is 0 Å². The normalized spacial score (nSPS) is 41.8. The van der Waals surface area contributed by atoms with Gasteiger partial charge in [-0.2, -0.15) is 0 Å². The van der Waals surface area contributed by atoms with E-state index >= 15 is 0 Å². The Hall–Kier alpha value is -1.85. The second kappa shape index (κ2) is 8.01. The number of rotatable bonds is 4. The molecule has 0 aromatic heterocycles. The number of hydrogen-bond donors (Lipinski definition) is 3. The first-order chi connectivity index (χ1) is 14.3. The van der Waals surface area contributed by atoms with Gasteiger partial charge in [-0.3, -0.25) is 14.9 Å². The van der Waals surface area contributed by atoms with Crippen LogP contribution in [0.25, 0.3) is 0 Å². The summed E-state index contributed by atoms with van der Waals surface area (Å²) >= 11 is 0. The van der Waals surface area contributed by atoms with E-state index in [0.717, 1.165) is 51.4 Å². The van der Waals surface area contributed by atoms with Crippen molar-refractivity contribution in [2.45, 2.75) is 78.2 Å². The van der Waals surface area contributed by atoms with Gasteiger partial charge in [0.2, 0.25) is 11.8 Å². The van der Waals surface area contributed by atoms with Crippen molar-refractivity contribution in [2.24, 2.45) is 34.5 Å². The van der Waals surface area contributed by atoms with Crippen LogP contribution in [0.15, 0.2) is 12.2 Å². The molecule has 0 bridgehead atoms. The zero-order valence-corrected chi connectivity index (χ0v) is 18.6. The molecule has 0 aromatic carbocycles. The summed E-state index contributed by atoms with van der Waals surface area (Å²) < 4.78 is 0. The van der Waals surface area contributed by atoms with E-state index in [0.29, 0.717) is 24.3 Å². The molecular weight excluding hydrogens is 378 g/mol. The van der Waals surface area contributed by atoms with Crippen LogP contribution in [0.1, 0.15) is 72.1 Å². The number of imide groups is 1. The van der Waals surface area contributed by atoms with Crippen LogP contribution in [0.4, 0.5) is 4.79 Å². The average molecular weight is 416 g/mol. The van der Waals surface area contributed by atoms with Gasteiger partial charge in [0.15, 0.2) is 0 Å². The predicted molar refractivity (Wildman–Crippen MR) is 115 cm³/mol. The molecule has 1 aliphatic heterocycles. The molecule has 166 valence electrons. The van der Waals surface area contributed by atoms with Crippen LogP contribution in [-0.2, 0) is 9.59 Å². The lowest BCUT2D eigenvalue weighted by Gasteiger charge is -2.58. The van der Waals surface area contributed by atoms with Crippen LogP contribution in [-0.4, -0.2) is 30.4 Å². The van der Waals surface area contributed by atoms with Gasteiger partial charge in [-0.25, -0.2) is 4.79 Å². The van der Waals surface area contributed by atoms with Crippen molar-refractivity contribution in [3.05, 3.63) is 12.2 Å². The zero-order valence-electron chi connectivity index (χ0n) is 18.6. The maximum absolute atomic E-state index is 13.0. The van der Waals surface area contributed by atoms with E-state index in [4.69, 9.17) is 0 Å². The number of nitrogens with one attached hydrogen (secondary N) is 3. The van der Waals surface area contributed by atoms with Crippen LogP contribution in [0.3, 0.4) is 0 Å².